The van der Waals surface area contributed by atoms with Crippen LogP contribution in [0.15, 0.2) is 71.3 Å². The number of alkyl halides is 3. The van der Waals surface area contributed by atoms with Crippen molar-refractivity contribution >= 4 is 11.6 Å². The molecule has 2 heterocycles. The molecule has 0 bridgehead atoms. The number of halogens is 3. The first kappa shape index (κ1) is 17.2. The van der Waals surface area contributed by atoms with E-state index in [1.807, 2.05) is 0 Å². The zero-order chi connectivity index (χ0) is 19.0. The minimum atomic E-state index is -4.41. The Kier molecular flexibility index (Phi) is 4.14. The van der Waals surface area contributed by atoms with Crippen molar-refractivity contribution in [3.63, 3.8) is 0 Å². The summed E-state index contributed by atoms with van der Waals surface area (Å²) in [4.78, 5) is 14.6. The summed E-state index contributed by atoms with van der Waals surface area (Å²) in [6, 6.07) is 15.3. The molecule has 4 nitrogen and oxygen atoms in total. The van der Waals surface area contributed by atoms with Gasteiger partial charge in [0.05, 0.1) is 23.9 Å². The molecular formula is C20H15F3N2O2. The first-order valence-electron chi connectivity index (χ1n) is 8.29. The number of amides is 1. The molecule has 0 saturated carbocycles. The number of hydrogen-bond donors (Lipinski definition) is 1. The fourth-order valence-corrected chi connectivity index (χ4v) is 3.14. The number of fused-ring (bicyclic) bond motifs is 1. The average molecular weight is 372 g/mol. The quantitative estimate of drug-likeness (QED) is 0.699. The van der Waals surface area contributed by atoms with Crippen molar-refractivity contribution in [2.45, 2.75) is 18.9 Å². The second-order valence-electron chi connectivity index (χ2n) is 6.22. The Balaban J connectivity index is 1.72. The van der Waals surface area contributed by atoms with Gasteiger partial charge in [-0.1, -0.05) is 24.3 Å². The molecule has 1 N–H and O–H groups in total. The lowest BCUT2D eigenvalue weighted by Gasteiger charge is -2.37. The van der Waals surface area contributed by atoms with Crippen LogP contribution in [0.1, 0.15) is 33.4 Å². The Morgan fingerprint density at radius 1 is 1.00 bits per heavy atom. The number of furan rings is 1. The van der Waals surface area contributed by atoms with E-state index in [0.717, 1.165) is 12.1 Å². The van der Waals surface area contributed by atoms with E-state index in [0.29, 0.717) is 22.6 Å². The Bertz CT molecular complexity index is 950. The summed E-state index contributed by atoms with van der Waals surface area (Å²) in [5.74, 6) is 0.368. The monoisotopic (exact) mass is 372 g/mol. The molecule has 7 heteroatoms. The van der Waals surface area contributed by atoms with Gasteiger partial charge in [-0.05, 0) is 42.0 Å². The lowest BCUT2D eigenvalue weighted by molar-refractivity contribution is -0.137. The molecule has 0 fully saturated rings. The summed E-state index contributed by atoms with van der Waals surface area (Å²) < 4.78 is 43.9. The van der Waals surface area contributed by atoms with Crippen LogP contribution >= 0.6 is 0 Å². The smallest absolute Gasteiger partial charge is 0.416 e. The highest BCUT2D eigenvalue weighted by molar-refractivity contribution is 6.01. The van der Waals surface area contributed by atoms with E-state index in [1.54, 1.807) is 41.3 Å². The molecular weight excluding hydrogens is 357 g/mol. The van der Waals surface area contributed by atoms with Crippen molar-refractivity contribution in [1.82, 2.24) is 4.90 Å². The van der Waals surface area contributed by atoms with Gasteiger partial charge < -0.3 is 14.6 Å². The maximum atomic E-state index is 13.0. The van der Waals surface area contributed by atoms with Crippen molar-refractivity contribution in [3.8, 4) is 0 Å². The number of hydrogen-bond acceptors (Lipinski definition) is 3. The van der Waals surface area contributed by atoms with Gasteiger partial charge in [-0.2, -0.15) is 13.2 Å². The van der Waals surface area contributed by atoms with E-state index >= 15 is 0 Å². The van der Waals surface area contributed by atoms with Crippen LogP contribution in [0.25, 0.3) is 0 Å². The third-order valence-corrected chi connectivity index (χ3v) is 4.48. The average Bonchev–Trinajstić information content (AvgIpc) is 3.16. The molecule has 27 heavy (non-hydrogen) atoms. The van der Waals surface area contributed by atoms with Crippen molar-refractivity contribution in [2.75, 3.05) is 5.32 Å². The molecule has 0 spiro atoms. The summed E-state index contributed by atoms with van der Waals surface area (Å²) in [5, 5.41) is 3.25. The van der Waals surface area contributed by atoms with Crippen LogP contribution in [0, 0.1) is 0 Å². The molecule has 3 aromatic rings. The van der Waals surface area contributed by atoms with Gasteiger partial charge in [0.15, 0.2) is 0 Å². The van der Waals surface area contributed by atoms with Gasteiger partial charge in [-0.3, -0.25) is 4.79 Å². The molecule has 4 rings (SSSR count). The van der Waals surface area contributed by atoms with E-state index in [1.165, 1.54) is 18.4 Å². The largest absolute Gasteiger partial charge is 0.467 e. The first-order chi connectivity index (χ1) is 12.9. The van der Waals surface area contributed by atoms with Crippen LogP contribution in [-0.4, -0.2) is 10.8 Å². The van der Waals surface area contributed by atoms with E-state index in [4.69, 9.17) is 4.42 Å². The van der Waals surface area contributed by atoms with Crippen LogP contribution in [0.2, 0.25) is 0 Å². The number of nitrogens with zero attached hydrogens (tertiary/aromatic N) is 1. The Hall–Kier alpha value is -3.22. The molecule has 1 aliphatic rings. The van der Waals surface area contributed by atoms with Crippen molar-refractivity contribution in [1.29, 1.82) is 0 Å². The van der Waals surface area contributed by atoms with E-state index in [-0.39, 0.29) is 12.5 Å². The maximum absolute atomic E-state index is 13.0. The van der Waals surface area contributed by atoms with Gasteiger partial charge in [0, 0.05) is 5.69 Å². The predicted molar refractivity (Wildman–Crippen MR) is 92.8 cm³/mol. The molecule has 0 radical (unpaired) electrons. The van der Waals surface area contributed by atoms with Gasteiger partial charge in [-0.25, -0.2) is 0 Å². The highest BCUT2D eigenvalue weighted by Gasteiger charge is 2.34. The van der Waals surface area contributed by atoms with Gasteiger partial charge >= 0.3 is 6.18 Å². The number of para-hydroxylation sites is 1. The molecule has 1 aromatic heterocycles. The SMILES string of the molecule is O=C1c2ccccc2N[C@@H](c2ccc(C(F)(F)F)cc2)N1Cc1ccco1. The third-order valence-electron chi connectivity index (χ3n) is 4.48. The Morgan fingerprint density at radius 2 is 1.74 bits per heavy atom. The van der Waals surface area contributed by atoms with E-state index in [2.05, 4.69) is 5.32 Å². The summed E-state index contributed by atoms with van der Waals surface area (Å²) in [7, 11) is 0. The predicted octanol–water partition coefficient (Wildman–Crippen LogP) is 5.07. The van der Waals surface area contributed by atoms with E-state index in [9.17, 15) is 18.0 Å². The molecule has 0 aliphatic carbocycles. The molecule has 0 unspecified atom stereocenters. The van der Waals surface area contributed by atoms with Crippen LogP contribution in [-0.2, 0) is 12.7 Å². The van der Waals surface area contributed by atoms with Crippen LogP contribution < -0.4 is 5.32 Å². The Morgan fingerprint density at radius 3 is 2.41 bits per heavy atom. The highest BCUT2D eigenvalue weighted by atomic mass is 19.4. The number of rotatable bonds is 3. The molecule has 138 valence electrons. The standard InChI is InChI=1S/C20H15F3N2O2/c21-20(22,23)14-9-7-13(8-10-14)18-24-17-6-2-1-5-16(17)19(26)25(18)12-15-4-3-11-27-15/h1-11,18,24H,12H2/t18-/m1/s1. The van der Waals surface area contributed by atoms with Gasteiger partial charge in [0.1, 0.15) is 11.9 Å². The van der Waals surface area contributed by atoms with Crippen LogP contribution in [0.5, 0.6) is 0 Å². The third kappa shape index (κ3) is 3.28. The van der Waals surface area contributed by atoms with Crippen molar-refractivity contribution in [2.24, 2.45) is 0 Å². The fourth-order valence-electron chi connectivity index (χ4n) is 3.14. The second-order valence-corrected chi connectivity index (χ2v) is 6.22. The molecule has 0 saturated heterocycles. The minimum Gasteiger partial charge on any atom is -0.467 e. The summed E-state index contributed by atoms with van der Waals surface area (Å²) >= 11 is 0. The molecule has 1 amide bonds. The number of carbonyl (C=O) groups is 1. The second kappa shape index (κ2) is 6.50. The van der Waals surface area contributed by atoms with Crippen molar-refractivity contribution < 1.29 is 22.4 Å². The molecule has 1 atom stereocenters. The molecule has 2 aromatic carbocycles. The van der Waals surface area contributed by atoms with Crippen LogP contribution in [0.4, 0.5) is 18.9 Å². The highest BCUT2D eigenvalue weighted by Crippen LogP contribution is 2.36. The number of benzene rings is 2. The van der Waals surface area contributed by atoms with Gasteiger partial charge in [0.25, 0.3) is 5.91 Å². The molecule has 1 aliphatic heterocycles. The summed E-state index contributed by atoms with van der Waals surface area (Å²) in [6.07, 6.45) is -3.51. The number of carbonyl (C=O) groups excluding carboxylic acids is 1. The lowest BCUT2D eigenvalue weighted by atomic mass is 10.0. The van der Waals surface area contributed by atoms with Crippen molar-refractivity contribution in [3.05, 3.63) is 89.4 Å². The lowest BCUT2D eigenvalue weighted by Crippen LogP contribution is -2.42. The summed E-state index contributed by atoms with van der Waals surface area (Å²) in [5.41, 5.74) is 0.971. The topological polar surface area (TPSA) is 45.5 Å². The Labute approximate surface area is 153 Å². The minimum absolute atomic E-state index is 0.193. The zero-order valence-electron chi connectivity index (χ0n) is 14.0. The number of nitrogens with one attached hydrogen (secondary N) is 1. The maximum Gasteiger partial charge on any atom is 0.416 e. The fraction of sp³-hybridized carbons (Fsp3) is 0.150. The van der Waals surface area contributed by atoms with Gasteiger partial charge in [-0.15, -0.1) is 0 Å². The van der Waals surface area contributed by atoms with Gasteiger partial charge in [0.2, 0.25) is 0 Å². The zero-order valence-corrected chi connectivity index (χ0v) is 14.0. The van der Waals surface area contributed by atoms with E-state index < -0.39 is 17.9 Å². The first-order valence-corrected chi connectivity index (χ1v) is 8.29. The normalized spacial score (nSPS) is 16.8. The van der Waals surface area contributed by atoms with Crippen LogP contribution in [0.3, 0.4) is 0 Å². The summed E-state index contributed by atoms with van der Waals surface area (Å²) in [6.45, 7) is 0.193. The number of anilines is 1.